The Balaban J connectivity index is 0.00000289. The molecule has 2 aliphatic rings. The van der Waals surface area contributed by atoms with Crippen LogP contribution in [-0.4, -0.2) is 56.8 Å². The van der Waals surface area contributed by atoms with Gasteiger partial charge in [-0.1, -0.05) is 0 Å². The van der Waals surface area contributed by atoms with Gasteiger partial charge in [-0.15, -0.1) is 24.0 Å². The molecule has 6 nitrogen and oxygen atoms in total. The highest BCUT2D eigenvalue weighted by Gasteiger charge is 2.27. The normalized spacial score (nSPS) is 20.9. The van der Waals surface area contributed by atoms with E-state index in [0.29, 0.717) is 29.9 Å². The molecule has 2 atom stereocenters. The van der Waals surface area contributed by atoms with E-state index in [1.165, 1.54) is 18.2 Å². The number of guanidine groups is 1. The third kappa shape index (κ3) is 5.76. The summed E-state index contributed by atoms with van der Waals surface area (Å²) < 4.78 is 40.7. The van der Waals surface area contributed by atoms with Gasteiger partial charge in [0.05, 0.1) is 0 Å². The molecule has 3 heterocycles. The molecule has 2 aliphatic heterocycles. The molecule has 32 heavy (non-hydrogen) atoms. The molecule has 2 fully saturated rings. The lowest BCUT2D eigenvalue weighted by molar-refractivity contribution is 0.508. The van der Waals surface area contributed by atoms with Crippen LogP contribution in [0, 0.1) is 23.4 Å². The lowest BCUT2D eigenvalue weighted by Gasteiger charge is -2.21. The average Bonchev–Trinajstić information content (AvgIpc) is 3.43. The molecular weight excluding hydrogens is 532 g/mol. The molecule has 0 bridgehead atoms. The highest BCUT2D eigenvalue weighted by atomic mass is 127. The van der Waals surface area contributed by atoms with Gasteiger partial charge < -0.3 is 20.4 Å². The number of anilines is 2. The largest absolute Gasteiger partial charge is 0.371 e. The molecule has 0 spiro atoms. The molecule has 174 valence electrons. The Morgan fingerprint density at radius 1 is 1.06 bits per heavy atom. The fourth-order valence-electron chi connectivity index (χ4n) is 4.23. The van der Waals surface area contributed by atoms with Crippen LogP contribution in [0.25, 0.3) is 0 Å². The van der Waals surface area contributed by atoms with Gasteiger partial charge >= 0.3 is 0 Å². The zero-order valence-corrected chi connectivity index (χ0v) is 20.2. The first-order valence-corrected chi connectivity index (χ1v) is 10.6. The fourth-order valence-corrected chi connectivity index (χ4v) is 4.23. The van der Waals surface area contributed by atoms with Gasteiger partial charge in [0.1, 0.15) is 0 Å². The molecule has 0 radical (unpaired) electrons. The number of halogens is 4. The Bertz CT molecular complexity index is 944. The summed E-state index contributed by atoms with van der Waals surface area (Å²) in [5, 5.41) is 6.77. The number of pyridine rings is 1. The molecule has 2 aromatic rings. The number of hydrogen-bond acceptors (Lipinski definition) is 4. The van der Waals surface area contributed by atoms with Crippen LogP contribution in [0.4, 0.5) is 24.7 Å². The Hall–Kier alpha value is -2.24. The van der Waals surface area contributed by atoms with Gasteiger partial charge in [-0.3, -0.25) is 4.99 Å². The van der Waals surface area contributed by atoms with E-state index in [-0.39, 0.29) is 35.8 Å². The van der Waals surface area contributed by atoms with E-state index < -0.39 is 11.6 Å². The lowest BCUT2D eigenvalue weighted by atomic mass is 10.1. The van der Waals surface area contributed by atoms with Crippen molar-refractivity contribution in [3.05, 3.63) is 54.0 Å². The van der Waals surface area contributed by atoms with Crippen LogP contribution < -0.4 is 20.4 Å². The predicted molar refractivity (Wildman–Crippen MR) is 131 cm³/mol. The number of aliphatic imine (C=N–C) groups is 1. The van der Waals surface area contributed by atoms with Crippen LogP contribution in [-0.2, 0) is 0 Å². The number of hydrogen-bond donors (Lipinski definition) is 2. The fraction of sp³-hybridized carbons (Fsp3) is 0.455. The van der Waals surface area contributed by atoms with Crippen molar-refractivity contribution in [1.82, 2.24) is 15.6 Å². The smallest absolute Gasteiger partial charge is 0.191 e. The molecular formula is C22H28F3IN6. The number of rotatable bonds is 5. The first-order valence-electron chi connectivity index (χ1n) is 10.6. The third-order valence-electron chi connectivity index (χ3n) is 5.90. The second-order valence-electron chi connectivity index (χ2n) is 8.04. The van der Waals surface area contributed by atoms with Crippen LogP contribution in [0.5, 0.6) is 0 Å². The third-order valence-corrected chi connectivity index (χ3v) is 5.90. The molecule has 10 heteroatoms. The molecule has 0 aliphatic carbocycles. The van der Waals surface area contributed by atoms with E-state index in [9.17, 15) is 13.2 Å². The summed E-state index contributed by atoms with van der Waals surface area (Å²) in [4.78, 5) is 12.5. The summed E-state index contributed by atoms with van der Waals surface area (Å²) in [5.41, 5.74) is 0.705. The van der Waals surface area contributed by atoms with Gasteiger partial charge in [0.25, 0.3) is 0 Å². The average molecular weight is 560 g/mol. The van der Waals surface area contributed by atoms with Crippen molar-refractivity contribution in [1.29, 1.82) is 0 Å². The van der Waals surface area contributed by atoms with E-state index >= 15 is 0 Å². The monoisotopic (exact) mass is 560 g/mol. The van der Waals surface area contributed by atoms with Crippen LogP contribution in [0.3, 0.4) is 0 Å². The minimum absolute atomic E-state index is 0. The topological polar surface area (TPSA) is 55.8 Å². The minimum Gasteiger partial charge on any atom is -0.371 e. The van der Waals surface area contributed by atoms with Gasteiger partial charge in [0, 0.05) is 63.8 Å². The molecule has 2 unspecified atom stereocenters. The Morgan fingerprint density at radius 2 is 1.88 bits per heavy atom. The molecule has 0 amide bonds. The highest BCUT2D eigenvalue weighted by molar-refractivity contribution is 14.0. The highest BCUT2D eigenvalue weighted by Crippen LogP contribution is 2.25. The number of nitrogens with one attached hydrogen (secondary N) is 2. The first-order chi connectivity index (χ1) is 15.0. The van der Waals surface area contributed by atoms with E-state index in [2.05, 4.69) is 25.5 Å². The van der Waals surface area contributed by atoms with Crippen molar-refractivity contribution in [2.24, 2.45) is 10.9 Å². The lowest BCUT2D eigenvalue weighted by Crippen LogP contribution is -2.46. The van der Waals surface area contributed by atoms with E-state index in [0.717, 1.165) is 39.0 Å². The summed E-state index contributed by atoms with van der Waals surface area (Å²) >= 11 is 0. The SMILES string of the molecule is CN=C(NCC1CCN(c2ccc(F)c(F)c2)C1)NC1CCN(c2ncccc2F)C1.I. The van der Waals surface area contributed by atoms with Crippen LogP contribution in [0.1, 0.15) is 12.8 Å². The second kappa shape index (κ2) is 11.1. The van der Waals surface area contributed by atoms with Gasteiger partial charge in [-0.25, -0.2) is 18.2 Å². The van der Waals surface area contributed by atoms with Crippen LogP contribution in [0.15, 0.2) is 41.5 Å². The maximum atomic E-state index is 14.0. The van der Waals surface area contributed by atoms with Crippen molar-refractivity contribution in [3.63, 3.8) is 0 Å². The van der Waals surface area contributed by atoms with Crippen LogP contribution in [0.2, 0.25) is 0 Å². The van der Waals surface area contributed by atoms with Crippen molar-refractivity contribution < 1.29 is 13.2 Å². The summed E-state index contributed by atoms with van der Waals surface area (Å²) in [5.74, 6) is -0.489. The quantitative estimate of drug-likeness (QED) is 0.334. The van der Waals surface area contributed by atoms with Crippen LogP contribution >= 0.6 is 24.0 Å². The van der Waals surface area contributed by atoms with Gasteiger partial charge in [0.15, 0.2) is 29.2 Å². The number of aromatic nitrogens is 1. The Morgan fingerprint density at radius 3 is 2.62 bits per heavy atom. The van der Waals surface area contributed by atoms with Gasteiger partial charge in [0.2, 0.25) is 0 Å². The maximum absolute atomic E-state index is 14.0. The molecule has 0 saturated carbocycles. The van der Waals surface area contributed by atoms with Crippen molar-refractivity contribution in [3.8, 4) is 0 Å². The molecule has 2 saturated heterocycles. The molecule has 1 aromatic carbocycles. The number of benzene rings is 1. The Labute approximate surface area is 203 Å². The van der Waals surface area contributed by atoms with E-state index in [1.54, 1.807) is 25.4 Å². The maximum Gasteiger partial charge on any atom is 0.191 e. The van der Waals surface area contributed by atoms with Crippen molar-refractivity contribution in [2.75, 3.05) is 49.6 Å². The van der Waals surface area contributed by atoms with Crippen molar-refractivity contribution >= 4 is 41.4 Å². The second-order valence-corrected chi connectivity index (χ2v) is 8.04. The Kier molecular flexibility index (Phi) is 8.44. The van der Waals surface area contributed by atoms with Gasteiger partial charge in [-0.05, 0) is 43.0 Å². The summed E-state index contributed by atoms with van der Waals surface area (Å²) in [7, 11) is 1.72. The molecule has 2 N–H and O–H groups in total. The summed E-state index contributed by atoms with van der Waals surface area (Å²) in [6, 6.07) is 7.20. The predicted octanol–water partition coefficient (Wildman–Crippen LogP) is 3.39. The van der Waals surface area contributed by atoms with Gasteiger partial charge in [-0.2, -0.15) is 0 Å². The molecule has 1 aromatic heterocycles. The first kappa shape index (κ1) is 24.4. The zero-order chi connectivity index (χ0) is 21.8. The van der Waals surface area contributed by atoms with E-state index in [4.69, 9.17) is 0 Å². The van der Waals surface area contributed by atoms with Crippen molar-refractivity contribution in [2.45, 2.75) is 18.9 Å². The molecule has 4 rings (SSSR count). The zero-order valence-electron chi connectivity index (χ0n) is 17.9. The summed E-state index contributed by atoms with van der Waals surface area (Å²) in [6.07, 6.45) is 3.42. The summed E-state index contributed by atoms with van der Waals surface area (Å²) in [6.45, 7) is 3.68. The van der Waals surface area contributed by atoms with E-state index in [1.807, 2.05) is 4.90 Å². The standard InChI is InChI=1S/C22H27F3N6.HI/c1-26-22(29-16-7-10-31(14-16)21-19(24)3-2-8-27-21)28-12-15-6-9-30(13-15)17-4-5-18(23)20(25)11-17;/h2-5,8,11,15-16H,6-7,9-10,12-14H2,1H3,(H2,26,28,29);1H. The minimum atomic E-state index is -0.827. The number of nitrogens with zero attached hydrogens (tertiary/aromatic N) is 4.